The molecule has 0 spiro atoms. The van der Waals surface area contributed by atoms with Crippen LogP contribution in [0.25, 0.3) is 0 Å². The average Bonchev–Trinajstić information content (AvgIpc) is 2.80. The lowest BCUT2D eigenvalue weighted by Crippen LogP contribution is -2.35. The van der Waals surface area contributed by atoms with Gasteiger partial charge in [-0.25, -0.2) is 4.79 Å². The zero-order chi connectivity index (χ0) is 17.9. The van der Waals surface area contributed by atoms with Gasteiger partial charge in [0.15, 0.2) is 0 Å². The first-order chi connectivity index (χ1) is 11.3. The Morgan fingerprint density at radius 2 is 2.12 bits per heavy atom. The van der Waals surface area contributed by atoms with Gasteiger partial charge in [0.05, 0.1) is 12.8 Å². The average molecular weight is 354 g/mol. The second kappa shape index (κ2) is 7.53. The van der Waals surface area contributed by atoms with Gasteiger partial charge in [-0.15, -0.1) is 0 Å². The minimum absolute atomic E-state index is 0.00371. The lowest BCUT2D eigenvalue weighted by molar-refractivity contribution is -0.128. The first-order valence-electron chi connectivity index (χ1n) is 7.58. The fourth-order valence-electron chi connectivity index (χ4n) is 2.41. The van der Waals surface area contributed by atoms with Crippen molar-refractivity contribution in [2.24, 2.45) is 5.92 Å². The molecule has 8 heteroatoms. The van der Waals surface area contributed by atoms with E-state index in [1.165, 1.54) is 7.11 Å². The maximum atomic E-state index is 12.1. The molecule has 0 aliphatic carbocycles. The highest BCUT2D eigenvalue weighted by Crippen LogP contribution is 2.27. The highest BCUT2D eigenvalue weighted by molar-refractivity contribution is 6.31. The van der Waals surface area contributed by atoms with Crippen molar-refractivity contribution >= 4 is 35.1 Å². The second-order valence-electron chi connectivity index (χ2n) is 5.80. The molecule has 0 saturated carbocycles. The first-order valence-corrected chi connectivity index (χ1v) is 7.96. The summed E-state index contributed by atoms with van der Waals surface area (Å²) >= 11 is 5.91. The molecule has 130 valence electrons. The zero-order valence-corrected chi connectivity index (χ0v) is 14.5. The molecule has 2 N–H and O–H groups in total. The smallest absolute Gasteiger partial charge is 0.324 e. The van der Waals surface area contributed by atoms with Crippen LogP contribution in [0.2, 0.25) is 5.02 Å². The molecule has 1 aromatic rings. The number of amides is 4. The number of hydrogen-bond acceptors (Lipinski definition) is 4. The third-order valence-corrected chi connectivity index (χ3v) is 3.96. The lowest BCUT2D eigenvalue weighted by Gasteiger charge is -2.15. The molecule has 24 heavy (non-hydrogen) atoms. The number of halogens is 1. The van der Waals surface area contributed by atoms with E-state index in [0.717, 1.165) is 4.90 Å². The monoisotopic (exact) mass is 353 g/mol. The predicted octanol–water partition coefficient (Wildman–Crippen LogP) is 2.25. The molecule has 7 nitrogen and oxygen atoms in total. The van der Waals surface area contributed by atoms with Gasteiger partial charge in [0.2, 0.25) is 5.91 Å². The quantitative estimate of drug-likeness (QED) is 0.768. The molecule has 0 radical (unpaired) electrons. The summed E-state index contributed by atoms with van der Waals surface area (Å²) in [5.41, 5.74) is 0.437. The number of methoxy groups -OCH3 is 1. The number of urea groups is 1. The Hall–Kier alpha value is -2.28. The standard InChI is InChI=1S/C16H20ClN3O4/c1-9(2)14-15(22)20(16(23)19-14)7-6-13(21)18-11-8-10(17)4-5-12(11)24-3/h4-5,8-9,14H,6-7H2,1-3H3,(H,18,21)(H,19,23)/t14-/m0/s1. The Balaban J connectivity index is 1.96. The number of benzene rings is 1. The van der Waals surface area contributed by atoms with Crippen LogP contribution < -0.4 is 15.4 Å². The summed E-state index contributed by atoms with van der Waals surface area (Å²) in [5, 5.41) is 5.75. The van der Waals surface area contributed by atoms with Crippen molar-refractivity contribution in [1.82, 2.24) is 10.2 Å². The summed E-state index contributed by atoms with van der Waals surface area (Å²) in [7, 11) is 1.48. The highest BCUT2D eigenvalue weighted by Gasteiger charge is 2.39. The number of rotatable bonds is 6. The minimum atomic E-state index is -0.534. The van der Waals surface area contributed by atoms with Crippen molar-refractivity contribution in [1.29, 1.82) is 0 Å². The van der Waals surface area contributed by atoms with Gasteiger partial charge in [-0.1, -0.05) is 25.4 Å². The number of nitrogens with zero attached hydrogens (tertiary/aromatic N) is 1. The summed E-state index contributed by atoms with van der Waals surface area (Å²) < 4.78 is 5.15. The minimum Gasteiger partial charge on any atom is -0.495 e. The van der Waals surface area contributed by atoms with E-state index >= 15 is 0 Å². The fraction of sp³-hybridized carbons (Fsp3) is 0.438. The maximum Gasteiger partial charge on any atom is 0.324 e. The van der Waals surface area contributed by atoms with Crippen LogP contribution in [-0.4, -0.2) is 42.4 Å². The van der Waals surface area contributed by atoms with E-state index in [2.05, 4.69) is 10.6 Å². The largest absolute Gasteiger partial charge is 0.495 e. The normalized spacial score (nSPS) is 17.2. The van der Waals surface area contributed by atoms with Crippen molar-refractivity contribution < 1.29 is 19.1 Å². The van der Waals surface area contributed by atoms with E-state index in [9.17, 15) is 14.4 Å². The Morgan fingerprint density at radius 1 is 1.42 bits per heavy atom. The Bertz CT molecular complexity index is 663. The highest BCUT2D eigenvalue weighted by atomic mass is 35.5. The van der Waals surface area contributed by atoms with E-state index in [1.807, 2.05) is 13.8 Å². The van der Waals surface area contributed by atoms with Crippen LogP contribution in [0.4, 0.5) is 10.5 Å². The number of anilines is 1. The van der Waals surface area contributed by atoms with Gasteiger partial charge in [0.1, 0.15) is 11.8 Å². The van der Waals surface area contributed by atoms with Crippen molar-refractivity contribution in [3.8, 4) is 5.75 Å². The molecule has 0 bridgehead atoms. The van der Waals surface area contributed by atoms with Crippen LogP contribution in [0.1, 0.15) is 20.3 Å². The van der Waals surface area contributed by atoms with Gasteiger partial charge >= 0.3 is 6.03 Å². The van der Waals surface area contributed by atoms with Gasteiger partial charge < -0.3 is 15.4 Å². The second-order valence-corrected chi connectivity index (χ2v) is 6.24. The van der Waals surface area contributed by atoms with E-state index in [4.69, 9.17) is 16.3 Å². The van der Waals surface area contributed by atoms with Crippen LogP contribution in [0.15, 0.2) is 18.2 Å². The number of hydrogen-bond donors (Lipinski definition) is 2. The molecule has 1 aliphatic rings. The van der Waals surface area contributed by atoms with E-state index in [0.29, 0.717) is 16.5 Å². The van der Waals surface area contributed by atoms with Crippen molar-refractivity contribution in [3.63, 3.8) is 0 Å². The van der Waals surface area contributed by atoms with Crippen LogP contribution in [0.3, 0.4) is 0 Å². The number of nitrogens with one attached hydrogen (secondary N) is 2. The van der Waals surface area contributed by atoms with Gasteiger partial charge in [-0.3, -0.25) is 14.5 Å². The molecule has 0 unspecified atom stereocenters. The lowest BCUT2D eigenvalue weighted by atomic mass is 10.1. The van der Waals surface area contributed by atoms with Crippen molar-refractivity contribution in [2.75, 3.05) is 19.0 Å². The molecule has 1 aliphatic heterocycles. The molecule has 4 amide bonds. The molecular weight excluding hydrogens is 334 g/mol. The fourth-order valence-corrected chi connectivity index (χ4v) is 2.58. The number of carbonyl (C=O) groups is 3. The molecule has 1 heterocycles. The van der Waals surface area contributed by atoms with Gasteiger partial charge in [0, 0.05) is 18.0 Å². The summed E-state index contributed by atoms with van der Waals surface area (Å²) in [4.78, 5) is 37.2. The van der Waals surface area contributed by atoms with Crippen LogP contribution in [-0.2, 0) is 9.59 Å². The van der Waals surface area contributed by atoms with Crippen molar-refractivity contribution in [3.05, 3.63) is 23.2 Å². The van der Waals surface area contributed by atoms with Gasteiger partial charge in [-0.05, 0) is 24.1 Å². The molecule has 1 fully saturated rings. The van der Waals surface area contributed by atoms with Crippen molar-refractivity contribution in [2.45, 2.75) is 26.3 Å². The topological polar surface area (TPSA) is 87.7 Å². The number of ether oxygens (including phenoxy) is 1. The van der Waals surface area contributed by atoms with E-state index in [-0.39, 0.29) is 30.7 Å². The van der Waals surface area contributed by atoms with Crippen LogP contribution >= 0.6 is 11.6 Å². The summed E-state index contributed by atoms with van der Waals surface area (Å²) in [6, 6.07) is 3.86. The third kappa shape index (κ3) is 3.97. The molecule has 1 atom stereocenters. The Kier molecular flexibility index (Phi) is 5.66. The number of imide groups is 1. The van der Waals surface area contributed by atoms with E-state index < -0.39 is 12.1 Å². The third-order valence-electron chi connectivity index (χ3n) is 3.72. The summed E-state index contributed by atoms with van der Waals surface area (Å²) in [6.45, 7) is 3.72. The number of carbonyl (C=O) groups excluding carboxylic acids is 3. The van der Waals surface area contributed by atoms with Crippen LogP contribution in [0, 0.1) is 5.92 Å². The molecule has 1 aromatic carbocycles. The molecule has 1 saturated heterocycles. The summed E-state index contributed by atoms with van der Waals surface area (Å²) in [5.74, 6) is -0.175. The zero-order valence-electron chi connectivity index (χ0n) is 13.8. The Labute approximate surface area is 145 Å². The predicted molar refractivity (Wildman–Crippen MR) is 90.1 cm³/mol. The summed E-state index contributed by atoms with van der Waals surface area (Å²) in [6.07, 6.45) is -0.0142. The van der Waals surface area contributed by atoms with Gasteiger partial charge in [0.25, 0.3) is 5.91 Å². The van der Waals surface area contributed by atoms with Crippen LogP contribution in [0.5, 0.6) is 5.75 Å². The molecule has 0 aromatic heterocycles. The van der Waals surface area contributed by atoms with Gasteiger partial charge in [-0.2, -0.15) is 0 Å². The first kappa shape index (κ1) is 18.1. The Morgan fingerprint density at radius 3 is 2.71 bits per heavy atom. The van der Waals surface area contributed by atoms with E-state index in [1.54, 1.807) is 18.2 Å². The SMILES string of the molecule is COc1ccc(Cl)cc1NC(=O)CCN1C(=O)N[C@@H](C(C)C)C1=O. The molecular formula is C16H20ClN3O4. The maximum absolute atomic E-state index is 12.1. The molecule has 2 rings (SSSR count).